The Bertz CT molecular complexity index is 950. The van der Waals surface area contributed by atoms with Gasteiger partial charge in [-0.1, -0.05) is 55.4 Å². The molecule has 3 heterocycles. The van der Waals surface area contributed by atoms with E-state index in [0.717, 1.165) is 46.4 Å². The van der Waals surface area contributed by atoms with E-state index in [1.165, 1.54) is 11.9 Å². The fraction of sp³-hybridized carbons (Fsp3) is 0.429. The van der Waals surface area contributed by atoms with Gasteiger partial charge in [0.05, 0.1) is 5.70 Å². The van der Waals surface area contributed by atoms with Crippen molar-refractivity contribution in [2.75, 3.05) is 27.7 Å². The normalized spacial score (nSPS) is 28.3. The fourth-order valence-corrected chi connectivity index (χ4v) is 5.44. The van der Waals surface area contributed by atoms with Crippen LogP contribution in [-0.2, 0) is 4.79 Å². The van der Waals surface area contributed by atoms with Gasteiger partial charge in [0.15, 0.2) is 6.04 Å². The lowest BCUT2D eigenvalue weighted by Crippen LogP contribution is -2.80. The summed E-state index contributed by atoms with van der Waals surface area (Å²) in [5.74, 6) is 5.15. The number of likely N-dealkylation sites (N-methyl/N-ethyl adjacent to an activating group) is 3. The molecule has 2 unspecified atom stereocenters. The van der Waals surface area contributed by atoms with Gasteiger partial charge >= 0.3 is 6.03 Å². The molecule has 4 rings (SSSR count). The van der Waals surface area contributed by atoms with Crippen LogP contribution in [0, 0.1) is 0 Å². The van der Waals surface area contributed by atoms with E-state index in [1.54, 1.807) is 18.8 Å². The first kappa shape index (κ1) is 21.5. The maximum absolute atomic E-state index is 13.1. The van der Waals surface area contributed by atoms with Crippen LogP contribution in [0.15, 0.2) is 46.6 Å². The summed E-state index contributed by atoms with van der Waals surface area (Å²) in [6, 6.07) is 9.13. The second kappa shape index (κ2) is 8.10. The maximum atomic E-state index is 13.1. The first-order valence-electron chi connectivity index (χ1n) is 10.4. The third-order valence-corrected chi connectivity index (χ3v) is 7.14. The highest BCUT2D eigenvalue weighted by molar-refractivity contribution is 8.06. The summed E-state index contributed by atoms with van der Waals surface area (Å²) >= 11 is 1.61. The first-order chi connectivity index (χ1) is 14.9. The molecule has 4 N–H and O–H groups in total. The van der Waals surface area contributed by atoms with Crippen LogP contribution in [0.3, 0.4) is 0 Å². The molecule has 3 aliphatic rings. The molecule has 1 aromatic rings. The molecule has 1 aromatic carbocycles. The van der Waals surface area contributed by atoms with E-state index >= 15 is 0 Å². The van der Waals surface area contributed by atoms with Crippen LogP contribution in [0.25, 0.3) is 5.70 Å². The van der Waals surface area contributed by atoms with E-state index in [9.17, 15) is 9.59 Å². The Morgan fingerprint density at radius 1 is 1.19 bits per heavy atom. The average molecular weight is 444 g/mol. The summed E-state index contributed by atoms with van der Waals surface area (Å²) in [5, 5.41) is 6.51. The molecule has 31 heavy (non-hydrogen) atoms. The highest BCUT2D eigenvalue weighted by atomic mass is 32.2. The molecule has 2 saturated heterocycles. The molecule has 0 saturated carbocycles. The number of amides is 3. The van der Waals surface area contributed by atoms with Crippen molar-refractivity contribution in [3.8, 4) is 0 Å². The zero-order valence-corrected chi connectivity index (χ0v) is 19.1. The number of benzene rings is 1. The van der Waals surface area contributed by atoms with Crippen LogP contribution in [0.4, 0.5) is 4.79 Å². The van der Waals surface area contributed by atoms with Crippen molar-refractivity contribution in [2.24, 2.45) is 5.84 Å². The highest BCUT2D eigenvalue weighted by Crippen LogP contribution is 2.44. The van der Waals surface area contributed by atoms with E-state index in [0.29, 0.717) is 0 Å². The smallest absolute Gasteiger partial charge is 0.329 e. The lowest BCUT2D eigenvalue weighted by molar-refractivity contribution is -0.141. The van der Waals surface area contributed by atoms with Gasteiger partial charge in [-0.25, -0.2) is 10.2 Å². The number of hydrogen-bond donors (Lipinski definition) is 3. The Morgan fingerprint density at radius 3 is 2.55 bits per heavy atom. The standard InChI is InChI=1S/C21H29N7O2S/c1-5-6-12-28-15(14-10-8-7-9-11-14)13-31-19(28)17-23-21(24-22)16(25(17)2)18(29)26(3)20(30)27(21)4/h7-11,13,16,23-24H,5-6,12,22H2,1-4H3. The van der Waals surface area contributed by atoms with Crippen molar-refractivity contribution in [1.29, 1.82) is 0 Å². The summed E-state index contributed by atoms with van der Waals surface area (Å²) in [4.78, 5) is 32.5. The number of hydrogen-bond acceptors (Lipinski definition) is 8. The number of urea groups is 1. The van der Waals surface area contributed by atoms with Gasteiger partial charge in [0.1, 0.15) is 10.9 Å². The van der Waals surface area contributed by atoms with E-state index in [1.807, 2.05) is 30.1 Å². The van der Waals surface area contributed by atoms with Gasteiger partial charge < -0.3 is 15.1 Å². The monoisotopic (exact) mass is 443 g/mol. The number of rotatable bonds is 5. The molecule has 9 nitrogen and oxygen atoms in total. The van der Waals surface area contributed by atoms with Crippen molar-refractivity contribution < 1.29 is 9.59 Å². The van der Waals surface area contributed by atoms with Gasteiger partial charge in [0.2, 0.25) is 5.79 Å². The minimum absolute atomic E-state index is 0.314. The quantitative estimate of drug-likeness (QED) is 0.465. The third kappa shape index (κ3) is 3.17. The van der Waals surface area contributed by atoms with Crippen molar-refractivity contribution in [3.63, 3.8) is 0 Å². The second-order valence-corrected chi connectivity index (χ2v) is 8.79. The number of unbranched alkanes of at least 4 members (excludes halogenated alkanes) is 1. The number of nitrogens with zero attached hydrogens (tertiary/aromatic N) is 4. The summed E-state index contributed by atoms with van der Waals surface area (Å²) < 4.78 is 0. The summed E-state index contributed by atoms with van der Waals surface area (Å²) in [6.07, 6.45) is 2.08. The average Bonchev–Trinajstić information content (AvgIpc) is 3.34. The lowest BCUT2D eigenvalue weighted by Gasteiger charge is -2.47. The summed E-state index contributed by atoms with van der Waals surface area (Å²) in [6.45, 7) is 3.01. The van der Waals surface area contributed by atoms with Crippen LogP contribution < -0.4 is 16.6 Å². The SMILES string of the molecule is CCCCN1C(c2ccccc2)=CSC1=C1NC2(NN)C(C(=O)N(C)C(=O)N2C)N1C. The number of nitrogens with two attached hydrogens (primary N) is 1. The topological polar surface area (TPSA) is 97.2 Å². The second-order valence-electron chi connectivity index (χ2n) is 7.93. The first-order valence-corrected chi connectivity index (χ1v) is 11.2. The van der Waals surface area contributed by atoms with E-state index < -0.39 is 17.9 Å². The zero-order chi connectivity index (χ0) is 22.3. The van der Waals surface area contributed by atoms with Crippen LogP contribution in [0.2, 0.25) is 0 Å². The van der Waals surface area contributed by atoms with Gasteiger partial charge in [-0.2, -0.15) is 0 Å². The molecule has 0 radical (unpaired) electrons. The van der Waals surface area contributed by atoms with Crippen molar-refractivity contribution in [3.05, 3.63) is 52.2 Å². The Balaban J connectivity index is 1.78. The highest BCUT2D eigenvalue weighted by Gasteiger charge is 2.62. The maximum Gasteiger partial charge on any atom is 0.329 e. The molecule has 2 fully saturated rings. The molecule has 0 aliphatic carbocycles. The number of fused-ring (bicyclic) bond motifs is 1. The number of hydrazine groups is 1. The Labute approximate surface area is 186 Å². The predicted octanol–water partition coefficient (Wildman–Crippen LogP) is 1.51. The molecule has 0 bridgehead atoms. The Morgan fingerprint density at radius 2 is 1.90 bits per heavy atom. The van der Waals surface area contributed by atoms with E-state index in [-0.39, 0.29) is 5.91 Å². The van der Waals surface area contributed by atoms with Crippen LogP contribution in [-0.4, -0.2) is 71.1 Å². The van der Waals surface area contributed by atoms with Crippen molar-refractivity contribution >= 4 is 29.4 Å². The van der Waals surface area contributed by atoms with Gasteiger partial charge in [0.25, 0.3) is 5.91 Å². The Kier molecular flexibility index (Phi) is 5.63. The number of imide groups is 1. The predicted molar refractivity (Wildman–Crippen MR) is 121 cm³/mol. The lowest BCUT2D eigenvalue weighted by atomic mass is 10.1. The molecular formula is C21H29N7O2S. The number of carbonyl (C=O) groups is 2. The van der Waals surface area contributed by atoms with Crippen molar-refractivity contribution in [2.45, 2.75) is 31.6 Å². The number of nitrogens with one attached hydrogen (secondary N) is 2. The number of carbonyl (C=O) groups excluding carboxylic acids is 2. The molecule has 0 aromatic heterocycles. The zero-order valence-electron chi connectivity index (χ0n) is 18.3. The fourth-order valence-electron chi connectivity index (χ4n) is 4.33. The molecule has 3 amide bonds. The van der Waals surface area contributed by atoms with Gasteiger partial charge in [0, 0.05) is 33.1 Å². The van der Waals surface area contributed by atoms with Crippen LogP contribution in [0.5, 0.6) is 0 Å². The summed E-state index contributed by atoms with van der Waals surface area (Å²) in [7, 11) is 4.98. The van der Waals surface area contributed by atoms with Crippen LogP contribution in [0.1, 0.15) is 25.3 Å². The molecule has 2 atom stereocenters. The molecular weight excluding hydrogens is 414 g/mol. The van der Waals surface area contributed by atoms with Gasteiger partial charge in [-0.05, 0) is 12.0 Å². The summed E-state index contributed by atoms with van der Waals surface area (Å²) in [5.41, 5.74) is 4.97. The van der Waals surface area contributed by atoms with E-state index in [2.05, 4.69) is 40.1 Å². The van der Waals surface area contributed by atoms with Crippen molar-refractivity contribution in [1.82, 2.24) is 30.3 Å². The minimum atomic E-state index is -1.23. The molecule has 10 heteroatoms. The Hall–Kier alpha value is -2.69. The van der Waals surface area contributed by atoms with Crippen LogP contribution >= 0.6 is 11.8 Å². The largest absolute Gasteiger partial charge is 0.342 e. The third-order valence-electron chi connectivity index (χ3n) is 6.16. The van der Waals surface area contributed by atoms with Gasteiger partial charge in [-0.15, -0.1) is 0 Å². The molecule has 166 valence electrons. The van der Waals surface area contributed by atoms with E-state index in [4.69, 9.17) is 5.84 Å². The molecule has 3 aliphatic heterocycles. The molecule has 0 spiro atoms. The number of thioether (sulfide) groups is 1. The van der Waals surface area contributed by atoms with Gasteiger partial charge in [-0.3, -0.25) is 20.4 Å². The minimum Gasteiger partial charge on any atom is -0.342 e.